The van der Waals surface area contributed by atoms with Crippen LogP contribution in [0.5, 0.6) is 0 Å². The van der Waals surface area contributed by atoms with Gasteiger partial charge < -0.3 is 5.11 Å². The highest BCUT2D eigenvalue weighted by atomic mass is 19.4. The lowest BCUT2D eigenvalue weighted by atomic mass is 10.6. The van der Waals surface area contributed by atoms with Crippen molar-refractivity contribution in [2.75, 3.05) is 0 Å². The molecular weight excluding hydrogens is 175 g/mol. The van der Waals surface area contributed by atoms with E-state index in [4.69, 9.17) is 5.11 Å². The summed E-state index contributed by atoms with van der Waals surface area (Å²) in [4.78, 5) is 3.08. The van der Waals surface area contributed by atoms with Gasteiger partial charge in [-0.25, -0.2) is 4.98 Å². The van der Waals surface area contributed by atoms with Crippen LogP contribution < -0.4 is 0 Å². The zero-order valence-electron chi connectivity index (χ0n) is 6.13. The van der Waals surface area contributed by atoms with Crippen LogP contribution in [0.3, 0.4) is 0 Å². The maximum absolute atomic E-state index is 11.9. The van der Waals surface area contributed by atoms with Gasteiger partial charge in [0.05, 0.1) is 0 Å². The predicted molar refractivity (Wildman–Crippen MR) is 31.9 cm³/mol. The Morgan fingerprint density at radius 2 is 2.08 bits per heavy atom. The minimum atomic E-state index is -4.55. The highest BCUT2D eigenvalue weighted by molar-refractivity contribution is 4.94. The van der Waals surface area contributed by atoms with Gasteiger partial charge in [-0.05, 0) is 0 Å². The third-order valence-corrected chi connectivity index (χ3v) is 1.25. The molecule has 1 aromatic heterocycles. The van der Waals surface area contributed by atoms with Gasteiger partial charge in [-0.2, -0.15) is 13.2 Å². The Balaban J connectivity index is 3.05. The largest absolute Gasteiger partial charge is 0.453 e. The van der Waals surface area contributed by atoms with Crippen molar-refractivity contribution in [3.8, 4) is 0 Å². The summed E-state index contributed by atoms with van der Waals surface area (Å²) < 4.78 is 36.6. The van der Waals surface area contributed by atoms with Crippen molar-refractivity contribution < 1.29 is 18.3 Å². The molecule has 0 saturated carbocycles. The molecule has 0 unspecified atom stereocenters. The average molecular weight is 181 g/mol. The molecule has 0 radical (unpaired) electrons. The lowest BCUT2D eigenvalue weighted by Gasteiger charge is -1.97. The first kappa shape index (κ1) is 8.98. The van der Waals surface area contributed by atoms with Gasteiger partial charge >= 0.3 is 6.18 Å². The fourth-order valence-electron chi connectivity index (χ4n) is 0.675. The van der Waals surface area contributed by atoms with Gasteiger partial charge in [0.15, 0.2) is 5.82 Å². The molecule has 1 heterocycles. The molecule has 0 saturated heterocycles. The molecule has 0 aliphatic carbocycles. The van der Waals surface area contributed by atoms with Crippen LogP contribution in [0.4, 0.5) is 13.2 Å². The summed E-state index contributed by atoms with van der Waals surface area (Å²) in [6.07, 6.45) is -4.55. The summed E-state index contributed by atoms with van der Waals surface area (Å²) in [5, 5.41) is 11.6. The van der Waals surface area contributed by atoms with Crippen molar-refractivity contribution in [2.24, 2.45) is 7.05 Å². The number of hydrogen-bond donors (Lipinski definition) is 1. The highest BCUT2D eigenvalue weighted by Crippen LogP contribution is 2.25. The van der Waals surface area contributed by atoms with Gasteiger partial charge in [-0.1, -0.05) is 0 Å². The predicted octanol–water partition coefficient (Wildman–Crippen LogP) is 0.326. The summed E-state index contributed by atoms with van der Waals surface area (Å²) in [6, 6.07) is 0. The van der Waals surface area contributed by atoms with Crippen LogP contribution in [-0.4, -0.2) is 19.9 Å². The van der Waals surface area contributed by atoms with Gasteiger partial charge in [0, 0.05) is 7.05 Å². The molecule has 0 amide bonds. The Labute approximate surface area is 65.6 Å². The molecule has 0 fully saturated rings. The number of aliphatic hydroxyl groups is 1. The van der Waals surface area contributed by atoms with Gasteiger partial charge in [-0.15, -0.1) is 5.10 Å². The molecule has 0 atom stereocenters. The van der Waals surface area contributed by atoms with Crippen molar-refractivity contribution in [1.82, 2.24) is 14.8 Å². The third kappa shape index (κ3) is 1.55. The maximum Gasteiger partial charge on any atom is 0.453 e. The first-order chi connectivity index (χ1) is 5.45. The smallest absolute Gasteiger partial charge is 0.388 e. The van der Waals surface area contributed by atoms with E-state index in [-0.39, 0.29) is 5.82 Å². The summed E-state index contributed by atoms with van der Waals surface area (Å²) >= 11 is 0. The van der Waals surface area contributed by atoms with Crippen LogP contribution in [0.25, 0.3) is 0 Å². The fourth-order valence-corrected chi connectivity index (χ4v) is 0.675. The number of aryl methyl sites for hydroxylation is 1. The van der Waals surface area contributed by atoms with E-state index in [1.807, 2.05) is 0 Å². The molecule has 68 valence electrons. The third-order valence-electron chi connectivity index (χ3n) is 1.25. The van der Waals surface area contributed by atoms with Gasteiger partial charge in [0.2, 0.25) is 0 Å². The van der Waals surface area contributed by atoms with Crippen molar-refractivity contribution in [2.45, 2.75) is 12.8 Å². The first-order valence-corrected chi connectivity index (χ1v) is 3.03. The van der Waals surface area contributed by atoms with Gasteiger partial charge in [-0.3, -0.25) is 4.68 Å². The maximum atomic E-state index is 11.9. The summed E-state index contributed by atoms with van der Waals surface area (Å²) in [7, 11) is 1.29. The Bertz CT molecular complexity index is 280. The quantitative estimate of drug-likeness (QED) is 0.679. The highest BCUT2D eigenvalue weighted by Gasteiger charge is 2.36. The molecular formula is C5H6F3N3O. The molecule has 0 bridgehead atoms. The van der Waals surface area contributed by atoms with Crippen LogP contribution in [0.15, 0.2) is 0 Å². The molecule has 0 spiro atoms. The van der Waals surface area contributed by atoms with Crippen LogP contribution in [0.2, 0.25) is 0 Å². The summed E-state index contributed by atoms with van der Waals surface area (Å²) in [5.74, 6) is -1.34. The van der Waals surface area contributed by atoms with Crippen molar-refractivity contribution >= 4 is 0 Å². The normalized spacial score (nSPS) is 12.1. The zero-order chi connectivity index (χ0) is 9.35. The standard InChI is InChI=1S/C5H6F3N3O/c1-11-3(2-12)9-4(10-11)5(6,7)8/h12H,2H2,1H3. The van der Waals surface area contributed by atoms with E-state index >= 15 is 0 Å². The Morgan fingerprint density at radius 3 is 2.33 bits per heavy atom. The molecule has 4 nitrogen and oxygen atoms in total. The molecule has 12 heavy (non-hydrogen) atoms. The Morgan fingerprint density at radius 1 is 1.50 bits per heavy atom. The molecule has 1 aromatic rings. The second-order valence-corrected chi connectivity index (χ2v) is 2.13. The van der Waals surface area contributed by atoms with Crippen LogP contribution in [0, 0.1) is 0 Å². The lowest BCUT2D eigenvalue weighted by molar-refractivity contribution is -0.145. The van der Waals surface area contributed by atoms with Crippen LogP contribution in [-0.2, 0) is 19.8 Å². The van der Waals surface area contributed by atoms with Crippen molar-refractivity contribution in [3.63, 3.8) is 0 Å². The second-order valence-electron chi connectivity index (χ2n) is 2.13. The molecule has 0 aromatic carbocycles. The van der Waals surface area contributed by atoms with Crippen LogP contribution >= 0.6 is 0 Å². The number of halogens is 3. The minimum Gasteiger partial charge on any atom is -0.388 e. The van der Waals surface area contributed by atoms with E-state index in [0.717, 1.165) is 4.68 Å². The van der Waals surface area contributed by atoms with E-state index in [1.54, 1.807) is 0 Å². The van der Waals surface area contributed by atoms with Gasteiger partial charge in [0.1, 0.15) is 6.61 Å². The second kappa shape index (κ2) is 2.74. The molecule has 1 rings (SSSR count). The van der Waals surface area contributed by atoms with E-state index < -0.39 is 18.6 Å². The fraction of sp³-hybridized carbons (Fsp3) is 0.600. The van der Waals surface area contributed by atoms with Crippen molar-refractivity contribution in [3.05, 3.63) is 11.6 Å². The number of nitrogens with zero attached hydrogens (tertiary/aromatic N) is 3. The molecule has 7 heteroatoms. The molecule has 0 aliphatic rings. The SMILES string of the molecule is Cn1nc(C(F)(F)F)nc1CO. The summed E-state index contributed by atoms with van der Waals surface area (Å²) in [5.41, 5.74) is 0. The number of rotatable bonds is 1. The molecule has 1 N–H and O–H groups in total. The number of aliphatic hydroxyl groups excluding tert-OH is 1. The van der Waals surface area contributed by atoms with E-state index in [9.17, 15) is 13.2 Å². The average Bonchev–Trinajstić information content (AvgIpc) is 2.29. The first-order valence-electron chi connectivity index (χ1n) is 3.03. The van der Waals surface area contributed by atoms with E-state index in [0.29, 0.717) is 0 Å². The number of aromatic nitrogens is 3. The Kier molecular flexibility index (Phi) is 2.05. The lowest BCUT2D eigenvalue weighted by Crippen LogP contribution is -2.08. The number of alkyl halides is 3. The minimum absolute atomic E-state index is 0.109. The summed E-state index contributed by atoms with van der Waals surface area (Å²) in [6.45, 7) is -0.556. The van der Waals surface area contributed by atoms with Crippen molar-refractivity contribution in [1.29, 1.82) is 0 Å². The van der Waals surface area contributed by atoms with Gasteiger partial charge in [0.25, 0.3) is 5.82 Å². The van der Waals surface area contributed by atoms with E-state index in [2.05, 4.69) is 10.1 Å². The zero-order valence-corrected chi connectivity index (χ0v) is 6.13. The van der Waals surface area contributed by atoms with Crippen LogP contribution in [0.1, 0.15) is 11.6 Å². The Hall–Kier alpha value is -1.11. The topological polar surface area (TPSA) is 50.9 Å². The molecule has 0 aliphatic heterocycles. The van der Waals surface area contributed by atoms with E-state index in [1.165, 1.54) is 7.05 Å². The monoisotopic (exact) mass is 181 g/mol. The number of hydrogen-bond acceptors (Lipinski definition) is 3.